The Kier molecular flexibility index (Phi) is 5.70. The number of rotatable bonds is 5. The van der Waals surface area contributed by atoms with Crippen molar-refractivity contribution in [3.63, 3.8) is 0 Å². The van der Waals surface area contributed by atoms with E-state index in [1.54, 1.807) is 12.1 Å². The third-order valence-corrected chi connectivity index (χ3v) is 5.52. The van der Waals surface area contributed by atoms with Gasteiger partial charge in [0.1, 0.15) is 5.82 Å². The molecule has 1 amide bonds. The lowest BCUT2D eigenvalue weighted by Crippen LogP contribution is -2.32. The summed E-state index contributed by atoms with van der Waals surface area (Å²) >= 11 is 0. The Morgan fingerprint density at radius 2 is 1.76 bits per heavy atom. The van der Waals surface area contributed by atoms with E-state index in [2.05, 4.69) is 31.2 Å². The van der Waals surface area contributed by atoms with Crippen molar-refractivity contribution in [2.24, 2.45) is 0 Å². The molecule has 1 aliphatic rings. The Morgan fingerprint density at radius 3 is 2.52 bits per heavy atom. The van der Waals surface area contributed by atoms with Crippen LogP contribution in [0.15, 0.2) is 66.7 Å². The molecule has 0 aliphatic carbocycles. The number of nitrogens with zero attached hydrogens (tertiary/aromatic N) is 2. The molecular weight excluding hydrogens is 363 g/mol. The number of pyridine rings is 1. The highest BCUT2D eigenvalue weighted by Crippen LogP contribution is 2.31. The van der Waals surface area contributed by atoms with Crippen molar-refractivity contribution in [2.75, 3.05) is 6.54 Å². The molecule has 1 aliphatic heterocycles. The van der Waals surface area contributed by atoms with Crippen LogP contribution >= 0.6 is 0 Å². The second-order valence-electron chi connectivity index (χ2n) is 7.76. The van der Waals surface area contributed by atoms with Gasteiger partial charge in [-0.3, -0.25) is 9.78 Å². The van der Waals surface area contributed by atoms with E-state index in [9.17, 15) is 9.18 Å². The fourth-order valence-corrected chi connectivity index (χ4v) is 3.95. The number of aryl methyl sites for hydroxylation is 1. The maximum Gasteiger partial charge on any atom is 0.227 e. The summed E-state index contributed by atoms with van der Waals surface area (Å²) < 4.78 is 13.1. The molecule has 1 fully saturated rings. The van der Waals surface area contributed by atoms with E-state index in [0.717, 1.165) is 42.8 Å². The zero-order valence-electron chi connectivity index (χ0n) is 16.6. The average Bonchev–Trinajstić information content (AvgIpc) is 3.22. The Balaban J connectivity index is 1.48. The molecule has 1 saturated heterocycles. The highest BCUT2D eigenvalue weighted by molar-refractivity contribution is 5.79. The maximum absolute atomic E-state index is 13.1. The molecule has 2 heterocycles. The fraction of sp³-hybridized carbons (Fsp3) is 0.280. The number of hydrogen-bond donors (Lipinski definition) is 0. The zero-order valence-corrected chi connectivity index (χ0v) is 16.6. The molecule has 3 aromatic rings. The van der Waals surface area contributed by atoms with Crippen LogP contribution in [0.5, 0.6) is 0 Å². The van der Waals surface area contributed by atoms with Gasteiger partial charge in [-0.2, -0.15) is 0 Å². The summed E-state index contributed by atoms with van der Waals surface area (Å²) in [7, 11) is 0. The first-order valence-electron chi connectivity index (χ1n) is 10.1. The first-order chi connectivity index (χ1) is 14.1. The molecule has 148 valence electrons. The minimum absolute atomic E-state index is 0.0147. The normalized spacial score (nSPS) is 16.2. The van der Waals surface area contributed by atoms with Gasteiger partial charge in [-0.05, 0) is 55.2 Å². The molecule has 0 radical (unpaired) electrons. The second kappa shape index (κ2) is 8.56. The van der Waals surface area contributed by atoms with Crippen LogP contribution in [0.4, 0.5) is 4.39 Å². The van der Waals surface area contributed by atoms with Gasteiger partial charge in [0, 0.05) is 18.7 Å². The van der Waals surface area contributed by atoms with Gasteiger partial charge in [-0.25, -0.2) is 4.39 Å². The van der Waals surface area contributed by atoms with E-state index in [1.165, 1.54) is 23.3 Å². The molecule has 29 heavy (non-hydrogen) atoms. The van der Waals surface area contributed by atoms with Crippen LogP contribution < -0.4 is 0 Å². The summed E-state index contributed by atoms with van der Waals surface area (Å²) in [5, 5.41) is 0. The summed E-state index contributed by atoms with van der Waals surface area (Å²) in [6.07, 6.45) is 2.98. The van der Waals surface area contributed by atoms with Crippen LogP contribution in [0.2, 0.25) is 0 Å². The van der Waals surface area contributed by atoms with E-state index in [0.29, 0.717) is 6.42 Å². The van der Waals surface area contributed by atoms with Gasteiger partial charge in [0.2, 0.25) is 5.91 Å². The van der Waals surface area contributed by atoms with Gasteiger partial charge >= 0.3 is 0 Å². The predicted molar refractivity (Wildman–Crippen MR) is 112 cm³/mol. The number of hydrogen-bond acceptors (Lipinski definition) is 2. The summed E-state index contributed by atoms with van der Waals surface area (Å²) in [5.74, 6) is -0.209. The summed E-state index contributed by atoms with van der Waals surface area (Å²) in [6.45, 7) is 2.83. The number of likely N-dealkylation sites (tertiary alicyclic amines) is 1. The average molecular weight is 388 g/mol. The lowest BCUT2D eigenvalue weighted by molar-refractivity contribution is -0.131. The Morgan fingerprint density at radius 1 is 1.03 bits per heavy atom. The number of carbonyl (C=O) groups excluding carboxylic acids is 1. The lowest BCUT2D eigenvalue weighted by Gasteiger charge is -2.25. The molecule has 2 aromatic carbocycles. The smallest absolute Gasteiger partial charge is 0.227 e. The van der Waals surface area contributed by atoms with Gasteiger partial charge in [0.25, 0.3) is 0 Å². The lowest BCUT2D eigenvalue weighted by atomic mass is 10.1. The van der Waals surface area contributed by atoms with Gasteiger partial charge in [0.15, 0.2) is 0 Å². The standard InChI is InChI=1S/C25H25FN2O/c1-18-7-9-19(10-8-18)16-22-4-2-5-23(27-22)24-6-3-15-28(24)25(29)17-20-11-13-21(26)14-12-20/h2,4-5,7-14,24H,3,6,15-17H2,1H3/t24-/m1/s1. The predicted octanol–water partition coefficient (Wildman–Crippen LogP) is 5.03. The fourth-order valence-electron chi connectivity index (χ4n) is 3.95. The van der Waals surface area contributed by atoms with Crippen molar-refractivity contribution in [3.05, 3.63) is 101 Å². The van der Waals surface area contributed by atoms with E-state index < -0.39 is 0 Å². The second-order valence-corrected chi connectivity index (χ2v) is 7.76. The van der Waals surface area contributed by atoms with E-state index in [1.807, 2.05) is 23.1 Å². The van der Waals surface area contributed by atoms with Gasteiger partial charge in [-0.15, -0.1) is 0 Å². The summed E-state index contributed by atoms with van der Waals surface area (Å²) in [5.41, 5.74) is 5.29. The molecule has 0 bridgehead atoms. The quantitative estimate of drug-likeness (QED) is 0.614. The van der Waals surface area contributed by atoms with Crippen LogP contribution in [0, 0.1) is 12.7 Å². The molecule has 4 rings (SSSR count). The molecule has 0 spiro atoms. The van der Waals surface area contributed by atoms with Crippen LogP contribution in [0.1, 0.15) is 47.0 Å². The van der Waals surface area contributed by atoms with Gasteiger partial charge in [0.05, 0.1) is 18.2 Å². The molecule has 4 heteroatoms. The first kappa shape index (κ1) is 19.3. The molecular formula is C25H25FN2O. The van der Waals surface area contributed by atoms with Crippen molar-refractivity contribution < 1.29 is 9.18 Å². The highest BCUT2D eigenvalue weighted by atomic mass is 19.1. The molecule has 3 nitrogen and oxygen atoms in total. The van der Waals surface area contributed by atoms with Crippen molar-refractivity contribution in [3.8, 4) is 0 Å². The van der Waals surface area contributed by atoms with Crippen molar-refractivity contribution in [2.45, 2.75) is 38.6 Å². The molecule has 0 N–H and O–H groups in total. The van der Waals surface area contributed by atoms with Gasteiger partial charge < -0.3 is 4.90 Å². The minimum Gasteiger partial charge on any atom is -0.334 e. The number of amides is 1. The largest absolute Gasteiger partial charge is 0.334 e. The highest BCUT2D eigenvalue weighted by Gasteiger charge is 2.30. The van der Waals surface area contributed by atoms with Crippen molar-refractivity contribution in [1.82, 2.24) is 9.88 Å². The van der Waals surface area contributed by atoms with Crippen LogP contribution in [-0.4, -0.2) is 22.3 Å². The SMILES string of the molecule is Cc1ccc(Cc2cccc([C@H]3CCCN3C(=O)Cc3ccc(F)cc3)n2)cc1. The van der Waals surface area contributed by atoms with Crippen LogP contribution in [0.3, 0.4) is 0 Å². The topological polar surface area (TPSA) is 33.2 Å². The van der Waals surface area contributed by atoms with Gasteiger partial charge in [-0.1, -0.05) is 48.0 Å². The number of aromatic nitrogens is 1. The van der Waals surface area contributed by atoms with E-state index in [-0.39, 0.29) is 17.8 Å². The molecule has 1 aromatic heterocycles. The molecule has 0 unspecified atom stereocenters. The number of carbonyl (C=O) groups is 1. The van der Waals surface area contributed by atoms with Crippen LogP contribution in [-0.2, 0) is 17.6 Å². The third-order valence-electron chi connectivity index (χ3n) is 5.52. The zero-order chi connectivity index (χ0) is 20.2. The Labute approximate surface area is 171 Å². The first-order valence-corrected chi connectivity index (χ1v) is 10.1. The van der Waals surface area contributed by atoms with E-state index in [4.69, 9.17) is 4.98 Å². The summed E-state index contributed by atoms with van der Waals surface area (Å²) in [6, 6.07) is 20.8. The minimum atomic E-state index is -0.283. The third kappa shape index (κ3) is 4.70. The van der Waals surface area contributed by atoms with Crippen molar-refractivity contribution >= 4 is 5.91 Å². The monoisotopic (exact) mass is 388 g/mol. The Bertz CT molecular complexity index is 982. The summed E-state index contributed by atoms with van der Waals surface area (Å²) in [4.78, 5) is 19.7. The molecule has 1 atom stereocenters. The van der Waals surface area contributed by atoms with E-state index >= 15 is 0 Å². The Hall–Kier alpha value is -3.01. The number of benzene rings is 2. The van der Waals surface area contributed by atoms with Crippen molar-refractivity contribution in [1.29, 1.82) is 0 Å². The molecule has 0 saturated carbocycles. The maximum atomic E-state index is 13.1. The number of halogens is 1. The van der Waals surface area contributed by atoms with Crippen LogP contribution in [0.25, 0.3) is 0 Å².